The summed E-state index contributed by atoms with van der Waals surface area (Å²) in [7, 11) is -4.67. The molecule has 0 heterocycles. The van der Waals surface area contributed by atoms with Gasteiger partial charge in [0, 0.05) is 40.8 Å². The predicted molar refractivity (Wildman–Crippen MR) is 27.5 cm³/mol. The maximum atomic E-state index is 9.00. The van der Waals surface area contributed by atoms with Crippen molar-refractivity contribution in [1.82, 2.24) is 0 Å². The van der Waals surface area contributed by atoms with E-state index in [0.29, 0.717) is 0 Å². The molecule has 11 heavy (non-hydrogen) atoms. The number of rotatable bonds is 0. The Bertz CT molecular complexity index is 163. The molecule has 0 aliphatic carbocycles. The third-order valence-electron chi connectivity index (χ3n) is 0. The van der Waals surface area contributed by atoms with Gasteiger partial charge >= 0.3 is 10.4 Å². The van der Waals surface area contributed by atoms with Crippen molar-refractivity contribution in [3.63, 3.8) is 0 Å². The summed E-state index contributed by atoms with van der Waals surface area (Å²) in [5.74, 6) is -0.833. The van der Waals surface area contributed by atoms with Gasteiger partial charge in [0.1, 0.15) is 0 Å². The van der Waals surface area contributed by atoms with E-state index < -0.39 is 16.4 Å². The van der Waals surface area contributed by atoms with Gasteiger partial charge in [-0.05, 0) is 0 Å². The van der Waals surface area contributed by atoms with Crippen molar-refractivity contribution in [3.05, 3.63) is 0 Å². The SMILES string of the molecule is CC(=O)O.O=S(=O)(O)O.[Co].[Cu]. The topological polar surface area (TPSA) is 112 Å². The Labute approximate surface area is 84.6 Å². The van der Waals surface area contributed by atoms with Crippen LogP contribution in [0.5, 0.6) is 0 Å². The van der Waals surface area contributed by atoms with Gasteiger partial charge in [-0.2, -0.15) is 8.42 Å². The normalized spacial score (nSPS) is 7.55. The fourth-order valence-electron chi connectivity index (χ4n) is 0. The second-order valence-electron chi connectivity index (χ2n) is 0.967. The summed E-state index contributed by atoms with van der Waals surface area (Å²) in [5.41, 5.74) is 0. The number of carboxylic acid groups (broad SMARTS) is 1. The largest absolute Gasteiger partial charge is 0.481 e. The van der Waals surface area contributed by atoms with Crippen LogP contribution in [-0.4, -0.2) is 28.6 Å². The molecule has 0 fully saturated rings. The first-order valence-corrected chi connectivity index (χ1v) is 3.02. The first kappa shape index (κ1) is 22.5. The molecule has 0 aliphatic rings. The molecule has 9 heteroatoms. The van der Waals surface area contributed by atoms with Gasteiger partial charge in [0.15, 0.2) is 0 Å². The minimum Gasteiger partial charge on any atom is -0.481 e. The molecule has 0 bridgehead atoms. The fourth-order valence-corrected chi connectivity index (χ4v) is 0. The smallest absolute Gasteiger partial charge is 0.394 e. The number of hydrogen-bond donors (Lipinski definition) is 3. The second-order valence-corrected chi connectivity index (χ2v) is 1.86. The van der Waals surface area contributed by atoms with Crippen LogP contribution in [0.25, 0.3) is 0 Å². The van der Waals surface area contributed by atoms with Gasteiger partial charge in [-0.1, -0.05) is 0 Å². The molecule has 0 aliphatic heterocycles. The molecule has 0 amide bonds. The van der Waals surface area contributed by atoms with Crippen molar-refractivity contribution in [1.29, 1.82) is 0 Å². The molecule has 0 rings (SSSR count). The quantitative estimate of drug-likeness (QED) is 0.405. The number of carbonyl (C=O) groups is 1. The molecule has 0 atom stereocenters. The molecule has 6 nitrogen and oxygen atoms in total. The van der Waals surface area contributed by atoms with Crippen LogP contribution in [0.4, 0.5) is 0 Å². The zero-order valence-corrected chi connectivity index (χ0v) is 7.91. The Balaban J connectivity index is -0.0000000383. The minimum atomic E-state index is -4.67. The third kappa shape index (κ3) is 5420. The summed E-state index contributed by atoms with van der Waals surface area (Å²) in [5, 5.41) is 7.42. The molecule has 0 aromatic rings. The van der Waals surface area contributed by atoms with Crippen molar-refractivity contribution >= 4 is 16.4 Å². The van der Waals surface area contributed by atoms with E-state index in [9.17, 15) is 0 Å². The van der Waals surface area contributed by atoms with Crippen LogP contribution in [0.1, 0.15) is 6.92 Å². The van der Waals surface area contributed by atoms with Crippen LogP contribution < -0.4 is 0 Å². The van der Waals surface area contributed by atoms with E-state index in [1.165, 1.54) is 0 Å². The first-order valence-electron chi connectivity index (χ1n) is 1.63. The van der Waals surface area contributed by atoms with Crippen molar-refractivity contribution in [2.75, 3.05) is 0 Å². The van der Waals surface area contributed by atoms with Gasteiger partial charge in [-0.15, -0.1) is 0 Å². The molecule has 2 radical (unpaired) electrons. The van der Waals surface area contributed by atoms with E-state index in [2.05, 4.69) is 0 Å². The van der Waals surface area contributed by atoms with Crippen molar-refractivity contribution in [3.8, 4) is 0 Å². The molecular formula is C2H6CoCuO6S. The summed E-state index contributed by atoms with van der Waals surface area (Å²) in [4.78, 5) is 9.00. The maximum absolute atomic E-state index is 9.00. The summed E-state index contributed by atoms with van der Waals surface area (Å²) < 4.78 is 31.6. The summed E-state index contributed by atoms with van der Waals surface area (Å²) >= 11 is 0. The number of aliphatic carboxylic acids is 1. The fraction of sp³-hybridized carbons (Fsp3) is 0.500. The standard InChI is InChI=1S/C2H4O2.Co.Cu.H2O4S/c1-2(3)4;;;1-5(2,3)4/h1H3,(H,3,4);;;(H2,1,2,3,4). The molecule has 0 unspecified atom stereocenters. The van der Waals surface area contributed by atoms with E-state index in [4.69, 9.17) is 27.4 Å². The molecule has 0 aromatic heterocycles. The van der Waals surface area contributed by atoms with E-state index >= 15 is 0 Å². The first-order chi connectivity index (χ1) is 3.73. The van der Waals surface area contributed by atoms with E-state index in [1.807, 2.05) is 0 Å². The van der Waals surface area contributed by atoms with Crippen molar-refractivity contribution < 1.29 is 61.3 Å². The van der Waals surface area contributed by atoms with Crippen molar-refractivity contribution in [2.45, 2.75) is 6.92 Å². The van der Waals surface area contributed by atoms with Gasteiger partial charge in [0.25, 0.3) is 5.97 Å². The molecular weight excluding hydrogens is 275 g/mol. The van der Waals surface area contributed by atoms with Crippen LogP contribution in [0.2, 0.25) is 0 Å². The van der Waals surface area contributed by atoms with Crippen LogP contribution in [0, 0.1) is 0 Å². The molecule has 0 saturated carbocycles. The zero-order chi connectivity index (χ0) is 8.08. The average Bonchev–Trinajstić information content (AvgIpc) is 1.19. The van der Waals surface area contributed by atoms with Crippen LogP contribution >= 0.6 is 0 Å². The second kappa shape index (κ2) is 10.4. The predicted octanol–water partition coefficient (Wildman–Crippen LogP) is -0.567. The van der Waals surface area contributed by atoms with Gasteiger partial charge in [0.2, 0.25) is 0 Å². The Kier molecular flexibility index (Phi) is 21.2. The Morgan fingerprint density at radius 3 is 1.27 bits per heavy atom. The van der Waals surface area contributed by atoms with Gasteiger partial charge in [0.05, 0.1) is 0 Å². The van der Waals surface area contributed by atoms with Crippen molar-refractivity contribution in [2.24, 2.45) is 0 Å². The Morgan fingerprint density at radius 1 is 1.27 bits per heavy atom. The van der Waals surface area contributed by atoms with Gasteiger partial charge in [-0.25, -0.2) is 0 Å². The summed E-state index contributed by atoms with van der Waals surface area (Å²) in [6.45, 7) is 1.08. The van der Waals surface area contributed by atoms with Crippen LogP contribution in [-0.2, 0) is 49.0 Å². The van der Waals surface area contributed by atoms with Gasteiger partial charge in [-0.3, -0.25) is 13.9 Å². The zero-order valence-electron chi connectivity index (χ0n) is 5.11. The Morgan fingerprint density at radius 2 is 1.27 bits per heavy atom. The average molecular weight is 281 g/mol. The molecule has 0 saturated heterocycles. The monoisotopic (exact) mass is 280 g/mol. The third-order valence-corrected chi connectivity index (χ3v) is 0. The molecule has 76 valence electrons. The number of hydrogen-bond acceptors (Lipinski definition) is 3. The molecule has 0 aromatic carbocycles. The Hall–Kier alpha value is 0.366. The minimum absolute atomic E-state index is 0. The maximum Gasteiger partial charge on any atom is 0.394 e. The summed E-state index contributed by atoms with van der Waals surface area (Å²) in [6, 6.07) is 0. The van der Waals surface area contributed by atoms with E-state index in [0.717, 1.165) is 6.92 Å². The van der Waals surface area contributed by atoms with E-state index in [1.54, 1.807) is 0 Å². The summed E-state index contributed by atoms with van der Waals surface area (Å²) in [6.07, 6.45) is 0. The molecule has 3 N–H and O–H groups in total. The van der Waals surface area contributed by atoms with E-state index in [-0.39, 0.29) is 33.8 Å². The van der Waals surface area contributed by atoms with Crippen LogP contribution in [0.15, 0.2) is 0 Å². The number of carboxylic acids is 1. The van der Waals surface area contributed by atoms with Gasteiger partial charge < -0.3 is 5.11 Å². The molecule has 0 spiro atoms. The van der Waals surface area contributed by atoms with Crippen LogP contribution in [0.3, 0.4) is 0 Å².